The summed E-state index contributed by atoms with van der Waals surface area (Å²) in [5.41, 5.74) is 0.657. The largest absolute Gasteiger partial charge is 0.479 e. The van der Waals surface area contributed by atoms with Crippen LogP contribution in [0.5, 0.6) is 5.75 Å². The smallest absolute Gasteiger partial charge is 0.244 e. The molecule has 0 bridgehead atoms. The molecule has 0 unspecified atom stereocenters. The first-order chi connectivity index (χ1) is 8.90. The van der Waals surface area contributed by atoms with Crippen LogP contribution in [0, 0.1) is 11.3 Å². The molecule has 0 aliphatic carbocycles. The number of carbonyl (C=O) groups is 1. The normalized spacial score (nSPS) is 11.1. The summed E-state index contributed by atoms with van der Waals surface area (Å²) >= 11 is 0. The molecule has 100 valence electrons. The summed E-state index contributed by atoms with van der Waals surface area (Å²) in [6.07, 6.45) is 3.23. The van der Waals surface area contributed by atoms with Crippen molar-refractivity contribution in [3.05, 3.63) is 35.9 Å². The molecule has 0 saturated carbocycles. The Morgan fingerprint density at radius 3 is 2.53 bits per heavy atom. The minimum absolute atomic E-state index is 0.0309. The van der Waals surface area contributed by atoms with Crippen molar-refractivity contribution in [2.45, 2.75) is 26.3 Å². The lowest BCUT2D eigenvalue weighted by atomic mass is 10.1. The Bertz CT molecular complexity index is 490. The third-order valence-corrected chi connectivity index (χ3v) is 2.11. The molecular weight excluding hydrogens is 240 g/mol. The van der Waals surface area contributed by atoms with Gasteiger partial charge in [0.25, 0.3) is 0 Å². The van der Waals surface area contributed by atoms with E-state index in [0.717, 1.165) is 5.56 Å². The van der Waals surface area contributed by atoms with Gasteiger partial charge in [-0.15, -0.1) is 0 Å². The van der Waals surface area contributed by atoms with Crippen molar-refractivity contribution in [2.75, 3.05) is 6.61 Å². The molecule has 0 spiro atoms. The molecule has 0 aromatic heterocycles. The van der Waals surface area contributed by atoms with Crippen molar-refractivity contribution in [3.63, 3.8) is 0 Å². The second-order valence-electron chi connectivity index (χ2n) is 5.09. The van der Waals surface area contributed by atoms with Gasteiger partial charge in [-0.05, 0) is 44.5 Å². The van der Waals surface area contributed by atoms with E-state index in [2.05, 4.69) is 5.32 Å². The zero-order valence-corrected chi connectivity index (χ0v) is 11.4. The topological polar surface area (TPSA) is 62.1 Å². The Hall–Kier alpha value is -2.28. The lowest BCUT2D eigenvalue weighted by molar-refractivity contribution is -0.117. The number of nitriles is 1. The molecule has 0 aliphatic heterocycles. The van der Waals surface area contributed by atoms with Crippen LogP contribution in [0.2, 0.25) is 0 Å². The first-order valence-electron chi connectivity index (χ1n) is 6.01. The summed E-state index contributed by atoms with van der Waals surface area (Å²) in [4.78, 5) is 11.6. The number of amides is 1. The van der Waals surface area contributed by atoms with Crippen LogP contribution in [-0.4, -0.2) is 18.1 Å². The molecule has 19 heavy (non-hydrogen) atoms. The van der Waals surface area contributed by atoms with Gasteiger partial charge in [-0.3, -0.25) is 4.79 Å². The molecular formula is C15H18N2O2. The van der Waals surface area contributed by atoms with Gasteiger partial charge in [0, 0.05) is 11.6 Å². The van der Waals surface area contributed by atoms with E-state index in [1.54, 1.807) is 18.2 Å². The molecule has 1 aromatic carbocycles. The summed E-state index contributed by atoms with van der Waals surface area (Å²) in [6.45, 7) is 5.82. The molecule has 0 fully saturated rings. The molecule has 0 radical (unpaired) electrons. The van der Waals surface area contributed by atoms with Crippen molar-refractivity contribution in [3.8, 4) is 11.8 Å². The highest BCUT2D eigenvalue weighted by atomic mass is 16.5. The van der Waals surface area contributed by atoms with Crippen LogP contribution in [0.1, 0.15) is 26.3 Å². The van der Waals surface area contributed by atoms with E-state index in [4.69, 9.17) is 10.00 Å². The van der Waals surface area contributed by atoms with E-state index in [1.807, 2.05) is 39.0 Å². The van der Waals surface area contributed by atoms with Gasteiger partial charge in [-0.1, -0.05) is 12.1 Å². The summed E-state index contributed by atoms with van der Waals surface area (Å²) in [5, 5.41) is 11.2. The highest BCUT2D eigenvalue weighted by Crippen LogP contribution is 2.13. The standard InChI is InChI=1S/C15H18N2O2/c1-15(2,3)17-14(18)9-6-12-4-7-13(8-5-12)19-11-10-16/h4-9H,11H2,1-3H3,(H,17,18)/b9-6+. The number of carbonyl (C=O) groups excluding carboxylic acids is 1. The molecule has 4 heteroatoms. The maximum atomic E-state index is 11.6. The predicted octanol–water partition coefficient (Wildman–Crippen LogP) is 2.52. The minimum atomic E-state index is -0.240. The molecule has 0 heterocycles. The van der Waals surface area contributed by atoms with Crippen LogP contribution in [0.4, 0.5) is 0 Å². The number of benzene rings is 1. The van der Waals surface area contributed by atoms with Crippen LogP contribution >= 0.6 is 0 Å². The maximum Gasteiger partial charge on any atom is 0.244 e. The fourth-order valence-electron chi connectivity index (χ4n) is 1.37. The van der Waals surface area contributed by atoms with Gasteiger partial charge in [0.1, 0.15) is 11.8 Å². The second-order valence-corrected chi connectivity index (χ2v) is 5.09. The molecule has 0 saturated heterocycles. The zero-order chi connectivity index (χ0) is 14.3. The van der Waals surface area contributed by atoms with Crippen molar-refractivity contribution in [2.24, 2.45) is 0 Å². The summed E-state index contributed by atoms with van der Waals surface area (Å²) in [5.74, 6) is 0.509. The molecule has 1 rings (SSSR count). The van der Waals surface area contributed by atoms with Gasteiger partial charge >= 0.3 is 0 Å². The number of rotatable bonds is 4. The molecule has 0 aliphatic rings. The number of hydrogen-bond donors (Lipinski definition) is 1. The monoisotopic (exact) mass is 258 g/mol. The predicted molar refractivity (Wildman–Crippen MR) is 74.5 cm³/mol. The Labute approximate surface area is 113 Å². The number of hydrogen-bond acceptors (Lipinski definition) is 3. The Morgan fingerprint density at radius 1 is 1.37 bits per heavy atom. The summed E-state index contributed by atoms with van der Waals surface area (Å²) < 4.78 is 5.14. The summed E-state index contributed by atoms with van der Waals surface area (Å²) in [6, 6.07) is 9.08. The fourth-order valence-corrected chi connectivity index (χ4v) is 1.37. The number of nitrogens with zero attached hydrogens (tertiary/aromatic N) is 1. The lowest BCUT2D eigenvalue weighted by Gasteiger charge is -2.18. The van der Waals surface area contributed by atoms with E-state index in [1.165, 1.54) is 6.08 Å². The highest BCUT2D eigenvalue weighted by Gasteiger charge is 2.10. The van der Waals surface area contributed by atoms with Gasteiger partial charge in [0.15, 0.2) is 6.61 Å². The lowest BCUT2D eigenvalue weighted by Crippen LogP contribution is -2.39. The van der Waals surface area contributed by atoms with Gasteiger partial charge in [0.2, 0.25) is 5.91 Å². The Morgan fingerprint density at radius 2 is 2.00 bits per heavy atom. The fraction of sp³-hybridized carbons (Fsp3) is 0.333. The van der Waals surface area contributed by atoms with Crippen LogP contribution in [0.3, 0.4) is 0 Å². The Balaban J connectivity index is 2.58. The van der Waals surface area contributed by atoms with E-state index in [9.17, 15) is 4.79 Å². The van der Waals surface area contributed by atoms with E-state index in [-0.39, 0.29) is 18.1 Å². The Kier molecular flexibility index (Phi) is 5.13. The molecule has 1 N–H and O–H groups in total. The molecule has 1 aromatic rings. The van der Waals surface area contributed by atoms with Crippen molar-refractivity contribution < 1.29 is 9.53 Å². The third kappa shape index (κ3) is 6.27. The average Bonchev–Trinajstić information content (AvgIpc) is 2.33. The highest BCUT2D eigenvalue weighted by molar-refractivity contribution is 5.92. The SMILES string of the molecule is CC(C)(C)NC(=O)/C=C/c1ccc(OCC#N)cc1. The van der Waals surface area contributed by atoms with Crippen molar-refractivity contribution in [1.29, 1.82) is 5.26 Å². The van der Waals surface area contributed by atoms with Crippen LogP contribution in [-0.2, 0) is 4.79 Å². The second kappa shape index (κ2) is 6.60. The third-order valence-electron chi connectivity index (χ3n) is 2.11. The average molecular weight is 258 g/mol. The quantitative estimate of drug-likeness (QED) is 0.844. The van der Waals surface area contributed by atoms with Gasteiger partial charge in [-0.2, -0.15) is 5.26 Å². The first kappa shape index (κ1) is 14.8. The van der Waals surface area contributed by atoms with E-state index in [0.29, 0.717) is 5.75 Å². The van der Waals surface area contributed by atoms with Crippen LogP contribution in [0.15, 0.2) is 30.3 Å². The van der Waals surface area contributed by atoms with Crippen molar-refractivity contribution in [1.82, 2.24) is 5.32 Å². The number of ether oxygens (including phenoxy) is 1. The zero-order valence-electron chi connectivity index (χ0n) is 11.4. The van der Waals surface area contributed by atoms with Gasteiger partial charge < -0.3 is 10.1 Å². The minimum Gasteiger partial charge on any atom is -0.479 e. The van der Waals surface area contributed by atoms with Gasteiger partial charge in [0.05, 0.1) is 0 Å². The van der Waals surface area contributed by atoms with Crippen LogP contribution < -0.4 is 10.1 Å². The molecule has 4 nitrogen and oxygen atoms in total. The van der Waals surface area contributed by atoms with Crippen LogP contribution in [0.25, 0.3) is 6.08 Å². The van der Waals surface area contributed by atoms with E-state index < -0.39 is 0 Å². The molecule has 1 amide bonds. The summed E-state index contributed by atoms with van der Waals surface area (Å²) in [7, 11) is 0. The molecule has 0 atom stereocenters. The van der Waals surface area contributed by atoms with E-state index >= 15 is 0 Å². The first-order valence-corrected chi connectivity index (χ1v) is 6.01. The van der Waals surface area contributed by atoms with Crippen molar-refractivity contribution >= 4 is 12.0 Å². The van der Waals surface area contributed by atoms with Gasteiger partial charge in [-0.25, -0.2) is 0 Å². The number of nitrogens with one attached hydrogen (secondary N) is 1. The maximum absolute atomic E-state index is 11.6.